The summed E-state index contributed by atoms with van der Waals surface area (Å²) in [6.07, 6.45) is 0.628. The van der Waals surface area contributed by atoms with E-state index >= 15 is 0 Å². The van der Waals surface area contributed by atoms with Gasteiger partial charge >= 0.3 is 0 Å². The van der Waals surface area contributed by atoms with Crippen LogP contribution in [0, 0.1) is 0 Å². The molecule has 0 aliphatic heterocycles. The van der Waals surface area contributed by atoms with Gasteiger partial charge in [-0.3, -0.25) is 0 Å². The molecule has 0 heterocycles. The first kappa shape index (κ1) is 12.0. The van der Waals surface area contributed by atoms with E-state index in [9.17, 15) is 5.11 Å². The molecular formula is C12H19NO2. The molecule has 84 valence electrons. The molecule has 0 fully saturated rings. The normalized spacial score (nSPS) is 12.4. The molecule has 0 saturated carbocycles. The van der Waals surface area contributed by atoms with E-state index in [2.05, 4.69) is 12.2 Å². The van der Waals surface area contributed by atoms with Gasteiger partial charge in [-0.2, -0.15) is 0 Å². The van der Waals surface area contributed by atoms with E-state index < -0.39 is 6.10 Å². The lowest BCUT2D eigenvalue weighted by molar-refractivity contribution is 0.106. The molecule has 1 aromatic rings. The second-order valence-electron chi connectivity index (χ2n) is 3.48. The summed E-state index contributed by atoms with van der Waals surface area (Å²) >= 11 is 0. The van der Waals surface area contributed by atoms with Crippen LogP contribution in [-0.2, 0) is 0 Å². The second kappa shape index (κ2) is 7.26. The highest BCUT2D eigenvalue weighted by Crippen LogP contribution is 2.08. The van der Waals surface area contributed by atoms with Crippen molar-refractivity contribution in [2.75, 3.05) is 19.7 Å². The number of aliphatic hydroxyl groups excluding tert-OH is 1. The van der Waals surface area contributed by atoms with E-state index in [1.54, 1.807) is 0 Å². The van der Waals surface area contributed by atoms with E-state index in [-0.39, 0.29) is 0 Å². The molecular weight excluding hydrogens is 190 g/mol. The van der Waals surface area contributed by atoms with Crippen LogP contribution in [0.25, 0.3) is 0 Å². The van der Waals surface area contributed by atoms with E-state index in [1.807, 2.05) is 30.3 Å². The molecule has 0 bridgehead atoms. The molecule has 0 saturated heterocycles. The molecule has 0 amide bonds. The van der Waals surface area contributed by atoms with E-state index in [0.717, 1.165) is 18.7 Å². The summed E-state index contributed by atoms with van der Waals surface area (Å²) in [6, 6.07) is 9.53. The average molecular weight is 209 g/mol. The highest BCUT2D eigenvalue weighted by Gasteiger charge is 2.03. The van der Waals surface area contributed by atoms with Crippen LogP contribution in [0.4, 0.5) is 0 Å². The van der Waals surface area contributed by atoms with Gasteiger partial charge in [0.15, 0.2) is 0 Å². The van der Waals surface area contributed by atoms with Gasteiger partial charge < -0.3 is 15.2 Å². The molecule has 3 heteroatoms. The first-order valence-electron chi connectivity index (χ1n) is 5.39. The topological polar surface area (TPSA) is 41.5 Å². The number of hydrogen-bond donors (Lipinski definition) is 2. The number of rotatable bonds is 7. The zero-order valence-electron chi connectivity index (χ0n) is 9.15. The zero-order valence-corrected chi connectivity index (χ0v) is 9.15. The highest BCUT2D eigenvalue weighted by molar-refractivity contribution is 5.20. The largest absolute Gasteiger partial charge is 0.491 e. The molecule has 0 aromatic heterocycles. The summed E-state index contributed by atoms with van der Waals surface area (Å²) in [5.41, 5.74) is 0. The van der Waals surface area contributed by atoms with Crippen molar-refractivity contribution in [3.8, 4) is 5.75 Å². The number of aliphatic hydroxyl groups is 1. The Kier molecular flexibility index (Phi) is 5.81. The maximum Gasteiger partial charge on any atom is 0.119 e. The van der Waals surface area contributed by atoms with Gasteiger partial charge in [-0.15, -0.1) is 0 Å². The lowest BCUT2D eigenvalue weighted by Crippen LogP contribution is -2.31. The maximum absolute atomic E-state index is 9.55. The number of benzene rings is 1. The van der Waals surface area contributed by atoms with Gasteiger partial charge in [-0.25, -0.2) is 0 Å². The summed E-state index contributed by atoms with van der Waals surface area (Å²) in [7, 11) is 0. The quantitative estimate of drug-likeness (QED) is 0.667. The minimum absolute atomic E-state index is 0.334. The molecule has 1 unspecified atom stereocenters. The van der Waals surface area contributed by atoms with Crippen LogP contribution < -0.4 is 10.1 Å². The van der Waals surface area contributed by atoms with Crippen LogP contribution in [-0.4, -0.2) is 30.9 Å². The van der Waals surface area contributed by atoms with Crippen LogP contribution in [0.3, 0.4) is 0 Å². The van der Waals surface area contributed by atoms with Crippen LogP contribution in [0.15, 0.2) is 30.3 Å². The monoisotopic (exact) mass is 209 g/mol. The van der Waals surface area contributed by atoms with Gasteiger partial charge in [0.25, 0.3) is 0 Å². The van der Waals surface area contributed by atoms with Gasteiger partial charge in [0, 0.05) is 6.54 Å². The van der Waals surface area contributed by atoms with Crippen molar-refractivity contribution < 1.29 is 9.84 Å². The number of ether oxygens (including phenoxy) is 1. The van der Waals surface area contributed by atoms with Gasteiger partial charge in [0.05, 0.1) is 0 Å². The Morgan fingerprint density at radius 1 is 1.33 bits per heavy atom. The average Bonchev–Trinajstić information content (AvgIpc) is 2.28. The Morgan fingerprint density at radius 2 is 2.07 bits per heavy atom. The molecule has 15 heavy (non-hydrogen) atoms. The molecule has 2 N–H and O–H groups in total. The van der Waals surface area contributed by atoms with Crippen LogP contribution in [0.2, 0.25) is 0 Å². The fourth-order valence-corrected chi connectivity index (χ4v) is 1.21. The van der Waals surface area contributed by atoms with Gasteiger partial charge in [-0.05, 0) is 25.1 Å². The minimum atomic E-state index is -0.447. The van der Waals surface area contributed by atoms with Crippen molar-refractivity contribution in [2.45, 2.75) is 19.4 Å². The summed E-state index contributed by atoms with van der Waals surface area (Å²) < 4.78 is 5.41. The zero-order chi connectivity index (χ0) is 10.9. The van der Waals surface area contributed by atoms with Crippen LogP contribution >= 0.6 is 0 Å². The fraction of sp³-hybridized carbons (Fsp3) is 0.500. The maximum atomic E-state index is 9.55. The summed E-state index contributed by atoms with van der Waals surface area (Å²) in [4.78, 5) is 0. The standard InChI is InChI=1S/C12H19NO2/c1-2-8-13-9-11(14)10-15-12-6-4-3-5-7-12/h3-7,11,13-14H,2,8-10H2,1H3. The van der Waals surface area contributed by atoms with Crippen molar-refractivity contribution in [1.82, 2.24) is 5.32 Å². The third-order valence-corrected chi connectivity index (χ3v) is 1.99. The molecule has 1 atom stereocenters. The molecule has 0 aliphatic carbocycles. The second-order valence-corrected chi connectivity index (χ2v) is 3.48. The molecule has 0 spiro atoms. The molecule has 1 rings (SSSR count). The van der Waals surface area contributed by atoms with Crippen molar-refractivity contribution in [2.24, 2.45) is 0 Å². The summed E-state index contributed by atoms with van der Waals surface area (Å²) in [5, 5.41) is 12.7. The smallest absolute Gasteiger partial charge is 0.119 e. The highest BCUT2D eigenvalue weighted by atomic mass is 16.5. The van der Waals surface area contributed by atoms with E-state index in [4.69, 9.17) is 4.74 Å². The van der Waals surface area contributed by atoms with Gasteiger partial charge in [0.1, 0.15) is 18.5 Å². The van der Waals surface area contributed by atoms with Crippen molar-refractivity contribution >= 4 is 0 Å². The Balaban J connectivity index is 2.14. The first-order chi connectivity index (χ1) is 7.33. The van der Waals surface area contributed by atoms with Crippen molar-refractivity contribution in [3.63, 3.8) is 0 Å². The van der Waals surface area contributed by atoms with Crippen molar-refractivity contribution in [1.29, 1.82) is 0 Å². The first-order valence-corrected chi connectivity index (χ1v) is 5.39. The Morgan fingerprint density at radius 3 is 2.73 bits per heavy atom. The molecule has 0 radical (unpaired) electrons. The summed E-state index contributed by atoms with van der Waals surface area (Å²) in [6.45, 7) is 3.95. The number of hydrogen-bond acceptors (Lipinski definition) is 3. The minimum Gasteiger partial charge on any atom is -0.491 e. The number of para-hydroxylation sites is 1. The lowest BCUT2D eigenvalue weighted by Gasteiger charge is -2.12. The Bertz CT molecular complexity index is 251. The molecule has 3 nitrogen and oxygen atoms in total. The third-order valence-electron chi connectivity index (χ3n) is 1.99. The molecule has 1 aromatic carbocycles. The van der Waals surface area contributed by atoms with E-state index in [1.165, 1.54) is 0 Å². The predicted octanol–water partition coefficient (Wildman–Crippen LogP) is 1.43. The summed E-state index contributed by atoms with van der Waals surface area (Å²) in [5.74, 6) is 0.798. The third kappa shape index (κ3) is 5.40. The van der Waals surface area contributed by atoms with Crippen LogP contribution in [0.1, 0.15) is 13.3 Å². The van der Waals surface area contributed by atoms with E-state index in [0.29, 0.717) is 13.2 Å². The van der Waals surface area contributed by atoms with Crippen LogP contribution in [0.5, 0.6) is 5.75 Å². The van der Waals surface area contributed by atoms with Gasteiger partial charge in [-0.1, -0.05) is 25.1 Å². The fourth-order valence-electron chi connectivity index (χ4n) is 1.21. The van der Waals surface area contributed by atoms with Gasteiger partial charge in [0.2, 0.25) is 0 Å². The molecule has 0 aliphatic rings. The Hall–Kier alpha value is -1.06. The lowest BCUT2D eigenvalue weighted by atomic mass is 10.3. The Labute approximate surface area is 91.1 Å². The van der Waals surface area contributed by atoms with Crippen molar-refractivity contribution in [3.05, 3.63) is 30.3 Å². The predicted molar refractivity (Wildman–Crippen MR) is 61.1 cm³/mol. The number of nitrogens with one attached hydrogen (secondary N) is 1. The SMILES string of the molecule is CCCNCC(O)COc1ccccc1.